The van der Waals surface area contributed by atoms with E-state index in [0.29, 0.717) is 22.3 Å². The van der Waals surface area contributed by atoms with Crippen molar-refractivity contribution in [1.82, 2.24) is 0 Å². The Balaban J connectivity index is 1.76. The highest BCUT2D eigenvalue weighted by Gasteiger charge is 2.56. The standard InChI is InChI=1S/C29H26F6N4O2/c1-3-38(15-27(30,31)32)17-9-11-21-23(13-17)41-24-14-18(39(4-2)16-28(33,34)35)10-12-22(24)29(21)20-8-6-5-7-19(20)25(40)26(29)37-36/h5-14H,3-4,15-16,36H2,1-2H3. The van der Waals surface area contributed by atoms with Gasteiger partial charge in [-0.2, -0.15) is 31.4 Å². The van der Waals surface area contributed by atoms with Crippen LogP contribution in [-0.4, -0.2) is 50.0 Å². The zero-order valence-electron chi connectivity index (χ0n) is 22.1. The number of fused-ring (bicyclic) bond motifs is 6. The molecule has 3 aromatic rings. The maximum atomic E-state index is 13.6. The Morgan fingerprint density at radius 1 is 0.780 bits per heavy atom. The molecule has 0 bridgehead atoms. The summed E-state index contributed by atoms with van der Waals surface area (Å²) in [6.45, 7) is 0.857. The fraction of sp³-hybridized carbons (Fsp3) is 0.310. The lowest BCUT2D eigenvalue weighted by molar-refractivity contribution is -0.120. The van der Waals surface area contributed by atoms with Crippen molar-refractivity contribution >= 4 is 22.9 Å². The van der Waals surface area contributed by atoms with Crippen LogP contribution in [0.15, 0.2) is 65.8 Å². The highest BCUT2D eigenvalue weighted by Crippen LogP contribution is 2.57. The summed E-state index contributed by atoms with van der Waals surface area (Å²) in [5, 5.41) is 3.90. The van der Waals surface area contributed by atoms with Crippen LogP contribution in [0.5, 0.6) is 11.5 Å². The number of nitrogens with zero attached hydrogens (tertiary/aromatic N) is 3. The summed E-state index contributed by atoms with van der Waals surface area (Å²) in [7, 11) is 0. The molecule has 6 nitrogen and oxygen atoms in total. The van der Waals surface area contributed by atoms with Crippen molar-refractivity contribution in [2.24, 2.45) is 10.9 Å². The minimum Gasteiger partial charge on any atom is -0.457 e. The summed E-state index contributed by atoms with van der Waals surface area (Å²) in [4.78, 5) is 15.8. The summed E-state index contributed by atoms with van der Waals surface area (Å²) < 4.78 is 86.1. The van der Waals surface area contributed by atoms with Gasteiger partial charge in [0.05, 0.1) is 0 Å². The van der Waals surface area contributed by atoms with E-state index in [-0.39, 0.29) is 41.7 Å². The zero-order valence-corrected chi connectivity index (χ0v) is 22.1. The lowest BCUT2D eigenvalue weighted by Gasteiger charge is -2.39. The van der Waals surface area contributed by atoms with Crippen molar-refractivity contribution in [3.63, 3.8) is 0 Å². The molecule has 0 amide bonds. The monoisotopic (exact) mass is 576 g/mol. The van der Waals surface area contributed by atoms with Crippen LogP contribution < -0.4 is 20.4 Å². The molecule has 0 saturated carbocycles. The van der Waals surface area contributed by atoms with Gasteiger partial charge in [-0.3, -0.25) is 4.79 Å². The lowest BCUT2D eigenvalue weighted by Crippen LogP contribution is -2.40. The van der Waals surface area contributed by atoms with Gasteiger partial charge in [-0.25, -0.2) is 0 Å². The van der Waals surface area contributed by atoms with Gasteiger partial charge in [0.15, 0.2) is 0 Å². The van der Waals surface area contributed by atoms with Gasteiger partial charge in [-0.05, 0) is 31.5 Å². The molecule has 0 atom stereocenters. The highest BCUT2D eigenvalue weighted by atomic mass is 19.4. The van der Waals surface area contributed by atoms with Crippen molar-refractivity contribution in [1.29, 1.82) is 0 Å². The number of benzene rings is 3. The lowest BCUT2D eigenvalue weighted by atomic mass is 9.67. The zero-order chi connectivity index (χ0) is 29.7. The second-order valence-electron chi connectivity index (χ2n) is 9.82. The molecule has 1 aliphatic heterocycles. The van der Waals surface area contributed by atoms with E-state index in [4.69, 9.17) is 10.6 Å². The molecule has 5 rings (SSSR count). The van der Waals surface area contributed by atoms with E-state index in [2.05, 4.69) is 5.10 Å². The number of rotatable bonds is 6. The number of hydrogen-bond donors (Lipinski definition) is 1. The van der Waals surface area contributed by atoms with Crippen LogP contribution in [0.1, 0.15) is 40.9 Å². The summed E-state index contributed by atoms with van der Waals surface area (Å²) in [6.07, 6.45) is -8.93. The number of alkyl halides is 6. The third-order valence-electron chi connectivity index (χ3n) is 7.47. The number of Topliss-reactive ketones (excluding diaryl/α,β-unsaturated/α-hetero) is 1. The Bertz CT molecular complexity index is 1460. The number of ketones is 1. The van der Waals surface area contributed by atoms with E-state index >= 15 is 0 Å². The first-order valence-electron chi connectivity index (χ1n) is 12.9. The van der Waals surface area contributed by atoms with Gasteiger partial charge in [-0.1, -0.05) is 36.4 Å². The number of carbonyl (C=O) groups excluding carboxylic acids is 1. The second kappa shape index (κ2) is 10.0. The Kier molecular flexibility index (Phi) is 6.91. The highest BCUT2D eigenvalue weighted by molar-refractivity contribution is 6.54. The van der Waals surface area contributed by atoms with Crippen LogP contribution in [0.25, 0.3) is 0 Å². The summed E-state index contributed by atoms with van der Waals surface area (Å²) in [6, 6.07) is 15.9. The van der Waals surface area contributed by atoms with E-state index in [0.717, 1.165) is 9.80 Å². The molecule has 12 heteroatoms. The van der Waals surface area contributed by atoms with Crippen LogP contribution in [-0.2, 0) is 5.41 Å². The number of carbonyl (C=O) groups is 1. The Hall–Kier alpha value is -4.22. The van der Waals surface area contributed by atoms with Crippen molar-refractivity contribution in [3.05, 3.63) is 82.9 Å². The van der Waals surface area contributed by atoms with Crippen LogP contribution in [0.2, 0.25) is 0 Å². The minimum absolute atomic E-state index is 0.0321. The number of ether oxygens (including phenoxy) is 1. The predicted octanol–water partition coefficient (Wildman–Crippen LogP) is 6.41. The molecule has 216 valence electrons. The molecule has 1 aliphatic carbocycles. The van der Waals surface area contributed by atoms with Crippen LogP contribution >= 0.6 is 0 Å². The van der Waals surface area contributed by atoms with Gasteiger partial charge in [0.1, 0.15) is 35.7 Å². The van der Waals surface area contributed by atoms with Crippen molar-refractivity contribution in [3.8, 4) is 11.5 Å². The maximum Gasteiger partial charge on any atom is 0.405 e. The number of halogens is 6. The van der Waals surface area contributed by atoms with E-state index in [1.165, 1.54) is 24.3 Å². The van der Waals surface area contributed by atoms with Gasteiger partial charge in [-0.15, -0.1) is 0 Å². The molecule has 0 radical (unpaired) electrons. The summed E-state index contributed by atoms with van der Waals surface area (Å²) >= 11 is 0. The Morgan fingerprint density at radius 3 is 1.71 bits per heavy atom. The minimum atomic E-state index is -4.46. The quantitative estimate of drug-likeness (QED) is 0.209. The van der Waals surface area contributed by atoms with E-state index in [1.54, 1.807) is 50.2 Å². The second-order valence-corrected chi connectivity index (χ2v) is 9.82. The topological polar surface area (TPSA) is 71.2 Å². The molecule has 1 heterocycles. The smallest absolute Gasteiger partial charge is 0.405 e. The molecule has 41 heavy (non-hydrogen) atoms. The molecule has 0 saturated heterocycles. The predicted molar refractivity (Wildman–Crippen MR) is 143 cm³/mol. The van der Waals surface area contributed by atoms with Crippen LogP contribution in [0.4, 0.5) is 37.7 Å². The number of nitrogens with two attached hydrogens (primary N) is 1. The van der Waals surface area contributed by atoms with Crippen molar-refractivity contribution in [2.45, 2.75) is 31.6 Å². The van der Waals surface area contributed by atoms with Gasteiger partial charge >= 0.3 is 12.4 Å². The Labute approximate surface area is 232 Å². The summed E-state index contributed by atoms with van der Waals surface area (Å²) in [5.74, 6) is 5.66. The maximum absolute atomic E-state index is 13.6. The van der Waals surface area contributed by atoms with Gasteiger partial charge < -0.3 is 20.4 Å². The van der Waals surface area contributed by atoms with Crippen molar-refractivity contribution < 1.29 is 35.9 Å². The normalized spacial score (nSPS) is 16.3. The Morgan fingerprint density at radius 2 is 1.27 bits per heavy atom. The molecular weight excluding hydrogens is 550 g/mol. The largest absolute Gasteiger partial charge is 0.457 e. The van der Waals surface area contributed by atoms with Gasteiger partial charge in [0, 0.05) is 53.3 Å². The molecule has 0 aromatic heterocycles. The first kappa shape index (κ1) is 28.3. The third kappa shape index (κ3) is 4.74. The molecule has 0 unspecified atom stereocenters. The molecule has 3 aromatic carbocycles. The summed E-state index contributed by atoms with van der Waals surface area (Å²) in [5.41, 5.74) is 0.724. The molecule has 0 fully saturated rings. The molecule has 2 N–H and O–H groups in total. The average molecular weight is 577 g/mol. The van der Waals surface area contributed by atoms with Crippen LogP contribution in [0, 0.1) is 0 Å². The van der Waals surface area contributed by atoms with E-state index in [1.807, 2.05) is 0 Å². The number of hydrogen-bond acceptors (Lipinski definition) is 6. The fourth-order valence-corrected chi connectivity index (χ4v) is 5.81. The molecule has 1 spiro atoms. The first-order chi connectivity index (χ1) is 19.3. The number of anilines is 2. The van der Waals surface area contributed by atoms with Crippen LogP contribution in [0.3, 0.4) is 0 Å². The van der Waals surface area contributed by atoms with E-state index < -0.39 is 36.6 Å². The molecule has 2 aliphatic rings. The van der Waals surface area contributed by atoms with Crippen molar-refractivity contribution in [2.75, 3.05) is 36.0 Å². The van der Waals surface area contributed by atoms with Gasteiger partial charge in [0.25, 0.3) is 0 Å². The molecular formula is C29H26F6N4O2. The first-order valence-corrected chi connectivity index (χ1v) is 12.9. The van der Waals surface area contributed by atoms with Gasteiger partial charge in [0.2, 0.25) is 5.78 Å². The average Bonchev–Trinajstić information content (AvgIpc) is 3.17. The van der Waals surface area contributed by atoms with E-state index in [9.17, 15) is 31.1 Å². The third-order valence-corrected chi connectivity index (χ3v) is 7.47. The SMILES string of the molecule is CCN(CC(F)(F)F)c1ccc2c(c1)Oc1cc(N(CC)CC(F)(F)F)ccc1C21C(=NN)C(=O)c2ccccc21. The fourth-order valence-electron chi connectivity index (χ4n) is 5.81. The number of hydrazone groups is 1.